The van der Waals surface area contributed by atoms with Gasteiger partial charge in [0.2, 0.25) is 5.78 Å². The highest BCUT2D eigenvalue weighted by atomic mass is 16.3. The summed E-state index contributed by atoms with van der Waals surface area (Å²) < 4.78 is 0. The highest BCUT2D eigenvalue weighted by Crippen LogP contribution is 2.53. The van der Waals surface area contributed by atoms with Crippen molar-refractivity contribution in [3.8, 4) is 17.6 Å². The van der Waals surface area contributed by atoms with E-state index in [1.807, 2.05) is 39.8 Å². The first kappa shape index (κ1) is 29.3. The molecule has 1 saturated carbocycles. The van der Waals surface area contributed by atoms with Crippen molar-refractivity contribution in [3.63, 3.8) is 0 Å². The van der Waals surface area contributed by atoms with Gasteiger partial charge in [-0.25, -0.2) is 0 Å². The van der Waals surface area contributed by atoms with E-state index in [1.165, 1.54) is 4.90 Å². The second-order valence-corrected chi connectivity index (χ2v) is 12.4. The van der Waals surface area contributed by atoms with Gasteiger partial charge in [-0.2, -0.15) is 0 Å². The van der Waals surface area contributed by atoms with Crippen LogP contribution in [0.3, 0.4) is 0 Å². The number of hydrogen-bond acceptors (Lipinski definition) is 9. The summed E-state index contributed by atoms with van der Waals surface area (Å²) >= 11 is 0. The molecule has 3 aliphatic carbocycles. The summed E-state index contributed by atoms with van der Waals surface area (Å²) in [6.45, 7) is 6.17. The summed E-state index contributed by atoms with van der Waals surface area (Å²) in [4.78, 5) is 42.8. The monoisotopic (exact) mass is 551 g/mol. The van der Waals surface area contributed by atoms with Gasteiger partial charge < -0.3 is 26.2 Å². The van der Waals surface area contributed by atoms with E-state index >= 15 is 0 Å². The van der Waals surface area contributed by atoms with Crippen LogP contribution in [0.15, 0.2) is 23.0 Å². The summed E-state index contributed by atoms with van der Waals surface area (Å²) in [6.07, 6.45) is 0.219. The van der Waals surface area contributed by atoms with Gasteiger partial charge in [0.15, 0.2) is 11.4 Å². The van der Waals surface area contributed by atoms with Crippen LogP contribution >= 0.6 is 0 Å². The summed E-state index contributed by atoms with van der Waals surface area (Å²) in [5.41, 5.74) is 2.88. The summed E-state index contributed by atoms with van der Waals surface area (Å²) in [5.74, 6) is -0.428. The van der Waals surface area contributed by atoms with Crippen LogP contribution in [-0.4, -0.2) is 94.1 Å². The number of amides is 1. The largest absolute Gasteiger partial charge is 0.508 e. The standard InChI is InChI=1S/C30H37N3O7/c1-29(2,3)18-12-14(9-8-10-32(4)5)16-11-15-13-17-22(33(6)7)25(36)21(28(31)39)27(38)30(17,40)26(37)19(15)24(35)20(16)23(18)34/h12,15,17,22,34-35,38,40H,10-11,13H2,1-7H3,(H2,31,39). The van der Waals surface area contributed by atoms with Gasteiger partial charge >= 0.3 is 0 Å². The molecule has 1 fully saturated rings. The number of fused-ring (bicyclic) bond motifs is 3. The molecule has 1 aromatic rings. The van der Waals surface area contributed by atoms with Gasteiger partial charge in [0, 0.05) is 22.6 Å². The number of Topliss-reactive ketones (excluding diaryl/α,β-unsaturated/α-hetero) is 2. The number of phenolic OH excluding ortho intramolecular Hbond substituents is 1. The number of aliphatic hydroxyl groups excluding tert-OH is 2. The molecule has 10 heteroatoms. The highest BCUT2D eigenvalue weighted by molar-refractivity contribution is 6.24. The molecule has 4 unspecified atom stereocenters. The van der Waals surface area contributed by atoms with Crippen molar-refractivity contribution in [2.24, 2.45) is 17.6 Å². The number of nitrogens with zero attached hydrogens (tertiary/aromatic N) is 2. The minimum atomic E-state index is -2.67. The Bertz CT molecular complexity index is 1450. The number of carbonyl (C=O) groups excluding carboxylic acids is 3. The Hall–Kier alpha value is -3.65. The Labute approximate surface area is 233 Å². The summed E-state index contributed by atoms with van der Waals surface area (Å²) in [5, 5.41) is 45.7. The number of likely N-dealkylation sites (N-methyl/N-ethyl adjacent to an activating group) is 1. The van der Waals surface area contributed by atoms with Crippen LogP contribution in [0.1, 0.15) is 49.4 Å². The van der Waals surface area contributed by atoms with Gasteiger partial charge in [-0.15, -0.1) is 0 Å². The molecular weight excluding hydrogens is 514 g/mol. The predicted octanol–water partition coefficient (Wildman–Crippen LogP) is 1.17. The minimum Gasteiger partial charge on any atom is -0.508 e. The van der Waals surface area contributed by atoms with Crippen LogP contribution in [0.4, 0.5) is 0 Å². The molecule has 40 heavy (non-hydrogen) atoms. The first-order valence-electron chi connectivity index (χ1n) is 13.1. The third-order valence-corrected chi connectivity index (χ3v) is 8.15. The lowest BCUT2D eigenvalue weighted by molar-refractivity contribution is -0.153. The Balaban J connectivity index is 2.01. The molecule has 0 spiro atoms. The molecule has 4 rings (SSSR count). The minimum absolute atomic E-state index is 0.0259. The topological polar surface area (TPSA) is 165 Å². The van der Waals surface area contributed by atoms with Gasteiger partial charge in [-0.3, -0.25) is 24.2 Å². The van der Waals surface area contributed by atoms with Crippen molar-refractivity contribution < 1.29 is 34.8 Å². The number of phenols is 1. The zero-order valence-corrected chi connectivity index (χ0v) is 23.9. The third kappa shape index (κ3) is 4.29. The van der Waals surface area contributed by atoms with E-state index in [0.717, 1.165) is 0 Å². The lowest BCUT2D eigenvalue weighted by atomic mass is 9.57. The van der Waals surface area contributed by atoms with E-state index in [-0.39, 0.29) is 29.7 Å². The summed E-state index contributed by atoms with van der Waals surface area (Å²) in [7, 11) is 6.91. The number of benzene rings is 1. The van der Waals surface area contributed by atoms with Crippen molar-refractivity contribution in [1.29, 1.82) is 0 Å². The zero-order valence-electron chi connectivity index (χ0n) is 23.9. The average molecular weight is 552 g/mol. The second kappa shape index (κ2) is 9.77. The van der Waals surface area contributed by atoms with E-state index in [4.69, 9.17) is 5.73 Å². The van der Waals surface area contributed by atoms with Crippen molar-refractivity contribution in [1.82, 2.24) is 9.80 Å². The van der Waals surface area contributed by atoms with Gasteiger partial charge in [-0.05, 0) is 64.0 Å². The molecule has 3 aliphatic rings. The number of hydrogen-bond donors (Lipinski definition) is 5. The molecule has 1 amide bonds. The second-order valence-electron chi connectivity index (χ2n) is 12.4. The van der Waals surface area contributed by atoms with Crippen LogP contribution in [-0.2, 0) is 26.2 Å². The lowest BCUT2D eigenvalue weighted by Crippen LogP contribution is -2.65. The molecule has 0 aromatic heterocycles. The van der Waals surface area contributed by atoms with E-state index in [2.05, 4.69) is 11.8 Å². The Morgan fingerprint density at radius 2 is 1.77 bits per heavy atom. The fourth-order valence-corrected chi connectivity index (χ4v) is 6.29. The maximum absolute atomic E-state index is 14.1. The fourth-order valence-electron chi connectivity index (χ4n) is 6.29. The molecule has 0 bridgehead atoms. The maximum atomic E-state index is 14.1. The number of carbonyl (C=O) groups is 3. The average Bonchev–Trinajstić information content (AvgIpc) is 2.81. The number of nitrogens with two attached hydrogens (primary N) is 1. The first-order chi connectivity index (χ1) is 18.4. The number of primary amides is 1. The normalized spacial score (nSPS) is 26.4. The van der Waals surface area contributed by atoms with Crippen LogP contribution < -0.4 is 5.73 Å². The summed E-state index contributed by atoms with van der Waals surface area (Å²) in [6, 6.07) is 0.671. The van der Waals surface area contributed by atoms with Gasteiger partial charge in [-0.1, -0.05) is 32.6 Å². The molecule has 214 valence electrons. The van der Waals surface area contributed by atoms with E-state index in [0.29, 0.717) is 23.2 Å². The first-order valence-corrected chi connectivity index (χ1v) is 13.1. The number of ketones is 2. The Kier molecular flexibility index (Phi) is 7.16. The molecule has 0 aliphatic heterocycles. The van der Waals surface area contributed by atoms with Gasteiger partial charge in [0.05, 0.1) is 18.2 Å². The van der Waals surface area contributed by atoms with E-state index < -0.39 is 63.5 Å². The molecule has 4 atom stereocenters. The smallest absolute Gasteiger partial charge is 0.255 e. The highest BCUT2D eigenvalue weighted by Gasteiger charge is 2.64. The molecule has 0 heterocycles. The quantitative estimate of drug-likeness (QED) is 0.274. The van der Waals surface area contributed by atoms with Gasteiger partial charge in [0.1, 0.15) is 22.8 Å². The SMILES string of the molecule is CN(C)CC#Cc1cc(C(C)(C)C)c(O)c2c1CC1CC3C(N(C)C)C(=O)C(C(N)=O)=C(O)C3(O)C(=O)C1=C2O. The maximum Gasteiger partial charge on any atom is 0.255 e. The number of aliphatic hydroxyl groups is 3. The molecule has 6 N–H and O–H groups in total. The number of rotatable bonds is 3. The zero-order chi connectivity index (χ0) is 30.1. The van der Waals surface area contributed by atoms with Crippen molar-refractivity contribution in [3.05, 3.63) is 45.2 Å². The van der Waals surface area contributed by atoms with Crippen LogP contribution in [0.2, 0.25) is 0 Å². The molecule has 0 saturated heterocycles. The van der Waals surface area contributed by atoms with E-state index in [9.17, 15) is 34.8 Å². The number of aromatic hydroxyl groups is 1. The Morgan fingerprint density at radius 1 is 1.15 bits per heavy atom. The molecule has 1 aromatic carbocycles. The van der Waals surface area contributed by atoms with Crippen LogP contribution in [0.5, 0.6) is 5.75 Å². The predicted molar refractivity (Wildman–Crippen MR) is 148 cm³/mol. The van der Waals surface area contributed by atoms with E-state index in [1.54, 1.807) is 20.2 Å². The Morgan fingerprint density at radius 3 is 2.30 bits per heavy atom. The molecule has 0 radical (unpaired) electrons. The molecule has 10 nitrogen and oxygen atoms in total. The van der Waals surface area contributed by atoms with Crippen molar-refractivity contribution >= 4 is 23.2 Å². The van der Waals surface area contributed by atoms with Crippen LogP contribution in [0.25, 0.3) is 5.76 Å². The van der Waals surface area contributed by atoms with Crippen molar-refractivity contribution in [2.75, 3.05) is 34.7 Å². The fraction of sp³-hybridized carbons (Fsp3) is 0.500. The van der Waals surface area contributed by atoms with Gasteiger partial charge in [0.25, 0.3) is 5.91 Å². The lowest BCUT2D eigenvalue weighted by Gasteiger charge is -2.50. The third-order valence-electron chi connectivity index (χ3n) is 8.15. The molecular formula is C30H37N3O7. The van der Waals surface area contributed by atoms with Crippen LogP contribution in [0, 0.1) is 23.7 Å². The van der Waals surface area contributed by atoms with Crippen molar-refractivity contribution in [2.45, 2.75) is 50.7 Å².